The minimum atomic E-state index is -0.322. The Morgan fingerprint density at radius 3 is 2.62 bits per heavy atom. The van der Waals surface area contributed by atoms with Gasteiger partial charge >= 0.3 is 0 Å². The van der Waals surface area contributed by atoms with Gasteiger partial charge in [0.25, 0.3) is 5.24 Å². The number of nitrogens with one attached hydrogen (secondary N) is 1. The van der Waals surface area contributed by atoms with Crippen molar-refractivity contribution in [3.63, 3.8) is 0 Å². The topological polar surface area (TPSA) is 55.1 Å². The standard InChI is InChI=1S/C3H4N2OS2/c4-1-2(7)5-3(6)8-1/h1H,4H2,(H,5,6,7). The molecule has 1 aliphatic heterocycles. The first-order valence-electron chi connectivity index (χ1n) is 1.97. The zero-order chi connectivity index (χ0) is 6.15. The molecular formula is C3H4N2OS2. The van der Waals surface area contributed by atoms with E-state index in [1.54, 1.807) is 0 Å². The van der Waals surface area contributed by atoms with Crippen LogP contribution >= 0.6 is 24.0 Å². The van der Waals surface area contributed by atoms with E-state index in [2.05, 4.69) is 17.5 Å². The van der Waals surface area contributed by atoms with E-state index in [4.69, 9.17) is 5.73 Å². The van der Waals surface area contributed by atoms with Gasteiger partial charge in [0.15, 0.2) is 0 Å². The highest BCUT2D eigenvalue weighted by atomic mass is 32.2. The predicted molar refractivity (Wildman–Crippen MR) is 36.7 cm³/mol. The van der Waals surface area contributed by atoms with Crippen LogP contribution in [0.5, 0.6) is 0 Å². The van der Waals surface area contributed by atoms with Crippen molar-refractivity contribution in [2.24, 2.45) is 5.73 Å². The van der Waals surface area contributed by atoms with E-state index in [1.807, 2.05) is 0 Å². The number of rotatable bonds is 0. The number of hydrogen-bond acceptors (Lipinski definition) is 4. The molecule has 0 aliphatic carbocycles. The molecule has 44 valence electrons. The number of carbonyl (C=O) groups excluding carboxylic acids is 1. The monoisotopic (exact) mass is 148 g/mol. The Balaban J connectivity index is 2.64. The zero-order valence-corrected chi connectivity index (χ0v) is 5.51. The number of carbonyl (C=O) groups is 1. The predicted octanol–water partition coefficient (Wildman–Crippen LogP) is 0.0550. The maximum absolute atomic E-state index is 10.3. The van der Waals surface area contributed by atoms with Crippen molar-refractivity contribution in [1.82, 2.24) is 5.32 Å². The second kappa shape index (κ2) is 2.00. The average Bonchev–Trinajstić information content (AvgIpc) is 1.85. The second-order valence-corrected chi connectivity index (χ2v) is 2.87. The number of thiocarbonyl (C=S) groups is 1. The van der Waals surface area contributed by atoms with Crippen LogP contribution in [0.25, 0.3) is 0 Å². The fourth-order valence-corrected chi connectivity index (χ4v) is 1.24. The van der Waals surface area contributed by atoms with Gasteiger partial charge in [-0.25, -0.2) is 0 Å². The third kappa shape index (κ3) is 0.988. The Hall–Kier alpha value is -0.130. The Kier molecular flexibility index (Phi) is 1.50. The highest BCUT2D eigenvalue weighted by molar-refractivity contribution is 8.16. The SMILES string of the molecule is NC1SC(=O)NC1=S. The van der Waals surface area contributed by atoms with Crippen molar-refractivity contribution < 1.29 is 4.79 Å². The molecule has 0 aromatic heterocycles. The summed E-state index contributed by atoms with van der Waals surface area (Å²) in [4.78, 5) is 10.8. The third-order valence-corrected chi connectivity index (χ3v) is 2.03. The van der Waals surface area contributed by atoms with E-state index in [1.165, 1.54) is 0 Å². The van der Waals surface area contributed by atoms with Crippen molar-refractivity contribution in [2.45, 2.75) is 5.37 Å². The van der Waals surface area contributed by atoms with E-state index >= 15 is 0 Å². The van der Waals surface area contributed by atoms with E-state index in [-0.39, 0.29) is 10.6 Å². The number of nitrogens with two attached hydrogens (primary N) is 1. The fourth-order valence-electron chi connectivity index (χ4n) is 0.370. The average molecular weight is 148 g/mol. The van der Waals surface area contributed by atoms with Gasteiger partial charge in [-0.15, -0.1) is 0 Å². The van der Waals surface area contributed by atoms with E-state index < -0.39 is 0 Å². The van der Waals surface area contributed by atoms with E-state index in [0.717, 1.165) is 11.8 Å². The zero-order valence-electron chi connectivity index (χ0n) is 3.88. The third-order valence-electron chi connectivity index (χ3n) is 0.718. The van der Waals surface area contributed by atoms with Gasteiger partial charge < -0.3 is 11.1 Å². The highest BCUT2D eigenvalue weighted by Gasteiger charge is 2.23. The van der Waals surface area contributed by atoms with Crippen LogP contribution in [0.1, 0.15) is 0 Å². The summed E-state index contributed by atoms with van der Waals surface area (Å²) >= 11 is 5.66. The summed E-state index contributed by atoms with van der Waals surface area (Å²) in [6.07, 6.45) is 0. The van der Waals surface area contributed by atoms with Crippen molar-refractivity contribution in [2.75, 3.05) is 0 Å². The molecule has 0 spiro atoms. The van der Waals surface area contributed by atoms with Crippen LogP contribution in [0.3, 0.4) is 0 Å². The lowest BCUT2D eigenvalue weighted by molar-refractivity contribution is 0.265. The Labute approximate surface area is 56.0 Å². The van der Waals surface area contributed by atoms with Gasteiger partial charge in [0.05, 0.1) is 0 Å². The first kappa shape index (κ1) is 6.00. The van der Waals surface area contributed by atoms with Crippen LogP contribution in [0.2, 0.25) is 0 Å². The number of hydrogen-bond donors (Lipinski definition) is 2. The lowest BCUT2D eigenvalue weighted by Crippen LogP contribution is -2.27. The molecule has 0 bridgehead atoms. The molecule has 1 unspecified atom stereocenters. The molecular weight excluding hydrogens is 144 g/mol. The molecule has 1 rings (SSSR count). The molecule has 3 N–H and O–H groups in total. The first-order chi connectivity index (χ1) is 3.70. The molecule has 0 saturated carbocycles. The minimum Gasteiger partial charge on any atom is -0.313 e. The number of thioether (sulfide) groups is 1. The minimum absolute atomic E-state index is 0.150. The summed E-state index contributed by atoms with van der Waals surface area (Å²) in [6, 6.07) is 0. The van der Waals surface area contributed by atoms with Gasteiger partial charge in [-0.3, -0.25) is 4.79 Å². The molecule has 1 amide bonds. The molecule has 1 aliphatic rings. The smallest absolute Gasteiger partial charge is 0.285 e. The molecule has 8 heavy (non-hydrogen) atoms. The van der Waals surface area contributed by atoms with Crippen LogP contribution < -0.4 is 11.1 Å². The summed E-state index contributed by atoms with van der Waals surface area (Å²) in [5.41, 5.74) is 5.31. The first-order valence-corrected chi connectivity index (χ1v) is 3.26. The maximum atomic E-state index is 10.3. The molecule has 1 atom stereocenters. The van der Waals surface area contributed by atoms with Gasteiger partial charge in [0.1, 0.15) is 10.4 Å². The van der Waals surface area contributed by atoms with Crippen LogP contribution in [-0.4, -0.2) is 15.6 Å². The lowest BCUT2D eigenvalue weighted by Gasteiger charge is -1.92. The van der Waals surface area contributed by atoms with Gasteiger partial charge in [0.2, 0.25) is 0 Å². The molecule has 1 heterocycles. The van der Waals surface area contributed by atoms with Crippen molar-refractivity contribution in [1.29, 1.82) is 0 Å². The normalized spacial score (nSPS) is 28.4. The Bertz CT molecular complexity index is 146. The van der Waals surface area contributed by atoms with Gasteiger partial charge in [-0.2, -0.15) is 0 Å². The van der Waals surface area contributed by atoms with Crippen LogP contribution in [-0.2, 0) is 0 Å². The molecule has 0 aromatic carbocycles. The lowest BCUT2D eigenvalue weighted by atomic mass is 10.6. The molecule has 5 heteroatoms. The van der Waals surface area contributed by atoms with Crippen LogP contribution in [0.15, 0.2) is 0 Å². The van der Waals surface area contributed by atoms with Gasteiger partial charge in [0, 0.05) is 0 Å². The second-order valence-electron chi connectivity index (χ2n) is 1.32. The maximum Gasteiger partial charge on any atom is 0.285 e. The Morgan fingerprint density at radius 2 is 2.50 bits per heavy atom. The van der Waals surface area contributed by atoms with Crippen LogP contribution in [0, 0.1) is 0 Å². The van der Waals surface area contributed by atoms with Crippen molar-refractivity contribution in [3.8, 4) is 0 Å². The van der Waals surface area contributed by atoms with Crippen molar-refractivity contribution in [3.05, 3.63) is 0 Å². The van der Waals surface area contributed by atoms with Crippen molar-refractivity contribution >= 4 is 34.2 Å². The summed E-state index contributed by atoms with van der Waals surface area (Å²) in [7, 11) is 0. The molecule has 1 fully saturated rings. The van der Waals surface area contributed by atoms with Gasteiger partial charge in [-0.05, 0) is 11.8 Å². The van der Waals surface area contributed by atoms with Crippen LogP contribution in [0.4, 0.5) is 4.79 Å². The highest BCUT2D eigenvalue weighted by Crippen LogP contribution is 2.14. The molecule has 1 saturated heterocycles. The van der Waals surface area contributed by atoms with E-state index in [9.17, 15) is 4.79 Å². The summed E-state index contributed by atoms with van der Waals surface area (Å²) in [5, 5.41) is 1.92. The molecule has 0 radical (unpaired) electrons. The summed E-state index contributed by atoms with van der Waals surface area (Å²) < 4.78 is 0. The largest absolute Gasteiger partial charge is 0.313 e. The summed E-state index contributed by atoms with van der Waals surface area (Å²) in [6.45, 7) is 0. The van der Waals surface area contributed by atoms with E-state index in [0.29, 0.717) is 4.99 Å². The quantitative estimate of drug-likeness (QED) is 0.477. The molecule has 3 nitrogen and oxygen atoms in total. The summed E-state index contributed by atoms with van der Waals surface area (Å²) in [5.74, 6) is 0. The molecule has 0 aromatic rings. The number of amides is 1. The van der Waals surface area contributed by atoms with Gasteiger partial charge in [-0.1, -0.05) is 12.2 Å². The fraction of sp³-hybridized carbons (Fsp3) is 0.333. The Morgan fingerprint density at radius 1 is 1.88 bits per heavy atom.